The maximum absolute atomic E-state index is 10.7. The van der Waals surface area contributed by atoms with Crippen LogP contribution in [0.4, 0.5) is 0 Å². The predicted molar refractivity (Wildman–Crippen MR) is 38.5 cm³/mol. The van der Waals surface area contributed by atoms with Gasteiger partial charge < -0.3 is 5.11 Å². The summed E-state index contributed by atoms with van der Waals surface area (Å²) in [5, 5.41) is 9.05. The van der Waals surface area contributed by atoms with Crippen LogP contribution in [0.2, 0.25) is 0 Å². The van der Waals surface area contributed by atoms with Crippen molar-refractivity contribution < 1.29 is 9.90 Å². The maximum atomic E-state index is 10.7. The third-order valence-electron chi connectivity index (χ3n) is 1.51. The molecular formula is C8H10O2. The Bertz CT molecular complexity index is 201. The maximum Gasteiger partial charge on any atom is 0.155 e. The van der Waals surface area contributed by atoms with Gasteiger partial charge in [-0.05, 0) is 12.5 Å². The molecule has 0 bridgehead atoms. The van der Waals surface area contributed by atoms with Crippen molar-refractivity contribution in [1.82, 2.24) is 0 Å². The number of carbonyl (C=O) groups is 1. The van der Waals surface area contributed by atoms with Crippen LogP contribution in [0.1, 0.15) is 13.3 Å². The average Bonchev–Trinajstić information content (AvgIpc) is 1.88. The molecule has 0 spiro atoms. The van der Waals surface area contributed by atoms with Crippen molar-refractivity contribution in [3.63, 3.8) is 0 Å². The molecule has 1 atom stereocenters. The van der Waals surface area contributed by atoms with Gasteiger partial charge in [-0.2, -0.15) is 0 Å². The highest BCUT2D eigenvalue weighted by atomic mass is 16.3. The Balaban J connectivity index is 2.71. The molecule has 1 aliphatic carbocycles. The zero-order valence-corrected chi connectivity index (χ0v) is 5.87. The molecule has 0 saturated carbocycles. The summed E-state index contributed by atoms with van der Waals surface area (Å²) >= 11 is 0. The van der Waals surface area contributed by atoms with Gasteiger partial charge in [-0.3, -0.25) is 4.79 Å². The van der Waals surface area contributed by atoms with Gasteiger partial charge >= 0.3 is 0 Å². The first-order valence-corrected chi connectivity index (χ1v) is 3.26. The molecule has 1 aliphatic rings. The highest BCUT2D eigenvalue weighted by Crippen LogP contribution is 2.12. The van der Waals surface area contributed by atoms with E-state index >= 15 is 0 Å². The number of rotatable bonds is 1. The number of hydrogen-bond acceptors (Lipinski definition) is 2. The van der Waals surface area contributed by atoms with Gasteiger partial charge in [0.1, 0.15) is 0 Å². The van der Waals surface area contributed by atoms with Crippen molar-refractivity contribution in [2.45, 2.75) is 19.4 Å². The number of carbonyl (C=O) groups excluding carboxylic acids is 1. The van der Waals surface area contributed by atoms with Crippen LogP contribution in [0.25, 0.3) is 0 Å². The first-order valence-electron chi connectivity index (χ1n) is 3.26. The molecular weight excluding hydrogens is 128 g/mol. The second-order valence-corrected chi connectivity index (χ2v) is 2.40. The van der Waals surface area contributed by atoms with Crippen molar-refractivity contribution in [2.24, 2.45) is 0 Å². The SMILES string of the molecule is CC(=O)C1=CC=CC(O)C1. The molecule has 0 aromatic carbocycles. The van der Waals surface area contributed by atoms with Gasteiger partial charge in [-0.15, -0.1) is 0 Å². The number of allylic oxidation sites excluding steroid dienone is 2. The first-order chi connectivity index (χ1) is 4.70. The van der Waals surface area contributed by atoms with Crippen molar-refractivity contribution in [3.05, 3.63) is 23.8 Å². The van der Waals surface area contributed by atoms with Crippen LogP contribution in [-0.4, -0.2) is 17.0 Å². The number of aliphatic hydroxyl groups excluding tert-OH is 1. The largest absolute Gasteiger partial charge is 0.389 e. The van der Waals surface area contributed by atoms with Crippen LogP contribution in [-0.2, 0) is 4.79 Å². The van der Waals surface area contributed by atoms with Gasteiger partial charge in [0, 0.05) is 6.42 Å². The minimum absolute atomic E-state index is 0.0448. The van der Waals surface area contributed by atoms with Gasteiger partial charge in [-0.25, -0.2) is 0 Å². The lowest BCUT2D eigenvalue weighted by molar-refractivity contribution is -0.113. The zero-order chi connectivity index (χ0) is 7.56. The lowest BCUT2D eigenvalue weighted by Gasteiger charge is -2.09. The number of aliphatic hydroxyl groups is 1. The topological polar surface area (TPSA) is 37.3 Å². The first kappa shape index (κ1) is 7.22. The van der Waals surface area contributed by atoms with Gasteiger partial charge in [0.15, 0.2) is 5.78 Å². The van der Waals surface area contributed by atoms with Gasteiger partial charge in [0.25, 0.3) is 0 Å². The summed E-state index contributed by atoms with van der Waals surface area (Å²) in [6.45, 7) is 1.51. The molecule has 0 heterocycles. The molecule has 2 heteroatoms. The third kappa shape index (κ3) is 1.54. The van der Waals surface area contributed by atoms with E-state index in [1.54, 1.807) is 18.2 Å². The van der Waals surface area contributed by atoms with Crippen molar-refractivity contribution in [1.29, 1.82) is 0 Å². The van der Waals surface area contributed by atoms with Crippen LogP contribution < -0.4 is 0 Å². The van der Waals surface area contributed by atoms with E-state index in [2.05, 4.69) is 0 Å². The molecule has 0 aromatic heterocycles. The summed E-state index contributed by atoms with van der Waals surface area (Å²) in [7, 11) is 0. The van der Waals surface area contributed by atoms with Crippen molar-refractivity contribution in [2.75, 3.05) is 0 Å². The second-order valence-electron chi connectivity index (χ2n) is 2.40. The van der Waals surface area contributed by atoms with E-state index in [0.29, 0.717) is 12.0 Å². The highest BCUT2D eigenvalue weighted by molar-refractivity contribution is 5.93. The van der Waals surface area contributed by atoms with E-state index in [4.69, 9.17) is 5.11 Å². The third-order valence-corrected chi connectivity index (χ3v) is 1.51. The summed E-state index contributed by atoms with van der Waals surface area (Å²) in [6.07, 6.45) is 5.13. The summed E-state index contributed by atoms with van der Waals surface area (Å²) in [6, 6.07) is 0. The molecule has 10 heavy (non-hydrogen) atoms. The number of hydrogen-bond donors (Lipinski definition) is 1. The van der Waals surface area contributed by atoms with Crippen molar-refractivity contribution >= 4 is 5.78 Å². The quantitative estimate of drug-likeness (QED) is 0.582. The summed E-state index contributed by atoms with van der Waals surface area (Å²) in [5.41, 5.74) is 0.704. The Morgan fingerprint density at radius 1 is 1.80 bits per heavy atom. The van der Waals surface area contributed by atoms with Crippen LogP contribution in [0.5, 0.6) is 0 Å². The monoisotopic (exact) mass is 138 g/mol. The Hall–Kier alpha value is -0.890. The Morgan fingerprint density at radius 2 is 2.50 bits per heavy atom. The Morgan fingerprint density at radius 3 is 2.90 bits per heavy atom. The highest BCUT2D eigenvalue weighted by Gasteiger charge is 2.10. The zero-order valence-electron chi connectivity index (χ0n) is 5.87. The molecule has 0 fully saturated rings. The normalized spacial score (nSPS) is 24.2. The average molecular weight is 138 g/mol. The molecule has 0 radical (unpaired) electrons. The molecule has 2 nitrogen and oxygen atoms in total. The van der Waals surface area contributed by atoms with Crippen LogP contribution in [0.3, 0.4) is 0 Å². The Kier molecular flexibility index (Phi) is 2.02. The van der Waals surface area contributed by atoms with E-state index in [9.17, 15) is 4.79 Å². The Labute approximate surface area is 59.9 Å². The van der Waals surface area contributed by atoms with Crippen LogP contribution in [0, 0.1) is 0 Å². The predicted octanol–water partition coefficient (Wildman–Crippen LogP) is 0.823. The van der Waals surface area contributed by atoms with E-state index in [0.717, 1.165) is 0 Å². The summed E-state index contributed by atoms with van der Waals surface area (Å²) < 4.78 is 0. The lowest BCUT2D eigenvalue weighted by Crippen LogP contribution is -2.10. The summed E-state index contributed by atoms with van der Waals surface area (Å²) in [5.74, 6) is 0.0448. The van der Waals surface area contributed by atoms with E-state index in [1.807, 2.05) is 0 Å². The molecule has 0 saturated heterocycles. The molecule has 1 N–H and O–H groups in total. The lowest BCUT2D eigenvalue weighted by atomic mass is 10.0. The fourth-order valence-electron chi connectivity index (χ4n) is 0.922. The fourth-order valence-corrected chi connectivity index (χ4v) is 0.922. The van der Waals surface area contributed by atoms with Gasteiger partial charge in [-0.1, -0.05) is 18.2 Å². The van der Waals surface area contributed by atoms with Crippen LogP contribution >= 0.6 is 0 Å². The minimum atomic E-state index is -0.469. The number of Topliss-reactive ketones (excluding diaryl/α,β-unsaturated/α-hetero) is 1. The van der Waals surface area contributed by atoms with E-state index < -0.39 is 6.10 Å². The summed E-state index contributed by atoms with van der Waals surface area (Å²) in [4.78, 5) is 10.7. The number of ketones is 1. The standard InChI is InChI=1S/C8H10O2/c1-6(9)7-3-2-4-8(10)5-7/h2-4,8,10H,5H2,1H3. The van der Waals surface area contributed by atoms with E-state index in [-0.39, 0.29) is 5.78 Å². The molecule has 0 aromatic rings. The smallest absolute Gasteiger partial charge is 0.155 e. The van der Waals surface area contributed by atoms with Gasteiger partial charge in [0.2, 0.25) is 0 Å². The molecule has 1 unspecified atom stereocenters. The molecule has 0 aliphatic heterocycles. The van der Waals surface area contributed by atoms with E-state index in [1.165, 1.54) is 6.92 Å². The van der Waals surface area contributed by atoms with Gasteiger partial charge in [0.05, 0.1) is 6.10 Å². The van der Waals surface area contributed by atoms with Crippen LogP contribution in [0.15, 0.2) is 23.8 Å². The molecule has 0 amide bonds. The van der Waals surface area contributed by atoms with Crippen molar-refractivity contribution in [3.8, 4) is 0 Å². The molecule has 54 valence electrons. The second kappa shape index (κ2) is 2.80. The minimum Gasteiger partial charge on any atom is -0.389 e. The molecule has 1 rings (SSSR count). The fraction of sp³-hybridized carbons (Fsp3) is 0.375.